The normalized spacial score (nSPS) is 14.8. The molecule has 0 aromatic heterocycles. The van der Waals surface area contributed by atoms with E-state index in [1.54, 1.807) is 18.2 Å². The highest BCUT2D eigenvalue weighted by atomic mass is 19.1. The number of likely N-dealkylation sites (tertiary alicyclic amines) is 1. The van der Waals surface area contributed by atoms with Gasteiger partial charge in [-0.3, -0.25) is 14.5 Å². The minimum absolute atomic E-state index is 0.0209. The average molecular weight is 413 g/mol. The third-order valence-corrected chi connectivity index (χ3v) is 5.02. The number of halogens is 1. The van der Waals surface area contributed by atoms with Crippen molar-refractivity contribution in [2.75, 3.05) is 31.6 Å². The van der Waals surface area contributed by atoms with Crippen LogP contribution in [0.25, 0.3) is 0 Å². The molecular weight excluding hydrogens is 385 g/mol. The average Bonchev–Trinajstić information content (AvgIpc) is 2.74. The lowest BCUT2D eigenvalue weighted by Crippen LogP contribution is -2.46. The van der Waals surface area contributed by atoms with E-state index >= 15 is 0 Å². The molecule has 2 aromatic carbocycles. The molecule has 1 aliphatic heterocycles. The number of piperidine rings is 1. The van der Waals surface area contributed by atoms with E-state index in [0.717, 1.165) is 31.6 Å². The Balaban J connectivity index is 1.28. The number of ether oxygens (including phenoxy) is 1. The second kappa shape index (κ2) is 11.3. The fourth-order valence-electron chi connectivity index (χ4n) is 3.44. The molecule has 0 radical (unpaired) electrons. The van der Waals surface area contributed by atoms with Gasteiger partial charge in [-0.05, 0) is 43.5 Å². The van der Waals surface area contributed by atoms with Crippen LogP contribution in [0.2, 0.25) is 0 Å². The predicted octanol–water partition coefficient (Wildman–Crippen LogP) is 3.20. The molecule has 160 valence electrons. The van der Waals surface area contributed by atoms with Gasteiger partial charge in [-0.25, -0.2) is 4.39 Å². The molecule has 1 heterocycles. The Hall–Kier alpha value is -2.93. The van der Waals surface area contributed by atoms with Crippen molar-refractivity contribution in [1.29, 1.82) is 0 Å². The highest BCUT2D eigenvalue weighted by molar-refractivity contribution is 5.92. The second-order valence-electron chi connectivity index (χ2n) is 7.41. The first-order chi connectivity index (χ1) is 14.6. The monoisotopic (exact) mass is 413 g/mol. The molecule has 3 rings (SSSR count). The first kappa shape index (κ1) is 21.8. The van der Waals surface area contributed by atoms with Crippen LogP contribution in [0.5, 0.6) is 5.75 Å². The summed E-state index contributed by atoms with van der Waals surface area (Å²) in [6.07, 6.45) is 2.50. The fourth-order valence-corrected chi connectivity index (χ4v) is 3.44. The lowest BCUT2D eigenvalue weighted by atomic mass is 10.0. The van der Waals surface area contributed by atoms with Gasteiger partial charge in [0.15, 0.2) is 11.6 Å². The smallest absolute Gasteiger partial charge is 0.238 e. The van der Waals surface area contributed by atoms with E-state index in [4.69, 9.17) is 4.74 Å². The van der Waals surface area contributed by atoms with Crippen molar-refractivity contribution in [2.24, 2.45) is 0 Å². The highest BCUT2D eigenvalue weighted by Crippen LogP contribution is 2.16. The first-order valence-electron chi connectivity index (χ1n) is 10.3. The van der Waals surface area contributed by atoms with Gasteiger partial charge < -0.3 is 15.4 Å². The lowest BCUT2D eigenvalue weighted by Gasteiger charge is -2.31. The molecule has 0 aliphatic carbocycles. The van der Waals surface area contributed by atoms with Crippen LogP contribution >= 0.6 is 0 Å². The zero-order valence-corrected chi connectivity index (χ0v) is 17.0. The summed E-state index contributed by atoms with van der Waals surface area (Å²) in [5.74, 6) is -0.237. The van der Waals surface area contributed by atoms with Gasteiger partial charge in [0, 0.05) is 31.2 Å². The molecular formula is C23H28FN3O3. The molecule has 0 bridgehead atoms. The number of amides is 2. The van der Waals surface area contributed by atoms with E-state index in [1.165, 1.54) is 6.07 Å². The van der Waals surface area contributed by atoms with E-state index in [-0.39, 0.29) is 23.6 Å². The van der Waals surface area contributed by atoms with Crippen molar-refractivity contribution < 1.29 is 18.7 Å². The maximum absolute atomic E-state index is 13.5. The SMILES string of the molecule is O=C(CN1CCC(NC(=O)CCCOc2ccccc2F)CC1)Nc1ccccc1. The summed E-state index contributed by atoms with van der Waals surface area (Å²) in [6.45, 7) is 2.18. The molecule has 1 fully saturated rings. The van der Waals surface area contributed by atoms with Gasteiger partial charge in [0.2, 0.25) is 11.8 Å². The molecule has 0 unspecified atom stereocenters. The Kier molecular flexibility index (Phi) is 8.20. The Bertz CT molecular complexity index is 823. The fraction of sp³-hybridized carbons (Fsp3) is 0.391. The number of carbonyl (C=O) groups excluding carboxylic acids is 2. The first-order valence-corrected chi connectivity index (χ1v) is 10.3. The van der Waals surface area contributed by atoms with Gasteiger partial charge in [0.05, 0.1) is 13.2 Å². The summed E-state index contributed by atoms with van der Waals surface area (Å²) < 4.78 is 18.8. The molecule has 2 aromatic rings. The number of nitrogens with one attached hydrogen (secondary N) is 2. The van der Waals surface area contributed by atoms with Gasteiger partial charge in [-0.2, -0.15) is 0 Å². The summed E-state index contributed by atoms with van der Waals surface area (Å²) in [7, 11) is 0. The number of benzene rings is 2. The molecule has 2 N–H and O–H groups in total. The van der Waals surface area contributed by atoms with Crippen LogP contribution in [-0.4, -0.2) is 49.0 Å². The van der Waals surface area contributed by atoms with Crippen LogP contribution in [0.1, 0.15) is 25.7 Å². The quantitative estimate of drug-likeness (QED) is 0.620. The van der Waals surface area contributed by atoms with E-state index in [1.807, 2.05) is 30.3 Å². The third-order valence-electron chi connectivity index (χ3n) is 5.02. The van der Waals surface area contributed by atoms with Gasteiger partial charge in [0.1, 0.15) is 0 Å². The van der Waals surface area contributed by atoms with Crippen molar-refractivity contribution in [1.82, 2.24) is 10.2 Å². The molecule has 0 saturated carbocycles. The van der Waals surface area contributed by atoms with Gasteiger partial charge in [-0.1, -0.05) is 30.3 Å². The zero-order chi connectivity index (χ0) is 21.2. The summed E-state index contributed by atoms with van der Waals surface area (Å²) in [5.41, 5.74) is 0.795. The van der Waals surface area contributed by atoms with Gasteiger partial charge in [-0.15, -0.1) is 0 Å². The number of para-hydroxylation sites is 2. The van der Waals surface area contributed by atoms with Crippen LogP contribution in [0.3, 0.4) is 0 Å². The van der Waals surface area contributed by atoms with E-state index in [9.17, 15) is 14.0 Å². The molecule has 2 amide bonds. The zero-order valence-electron chi connectivity index (χ0n) is 17.0. The van der Waals surface area contributed by atoms with Crippen molar-refractivity contribution >= 4 is 17.5 Å². The summed E-state index contributed by atoms with van der Waals surface area (Å²) in [6, 6.07) is 15.8. The van der Waals surface area contributed by atoms with Gasteiger partial charge >= 0.3 is 0 Å². The van der Waals surface area contributed by atoms with Crippen LogP contribution in [0.4, 0.5) is 10.1 Å². The summed E-state index contributed by atoms with van der Waals surface area (Å²) in [4.78, 5) is 26.4. The third kappa shape index (κ3) is 7.15. The Morgan fingerprint density at radius 3 is 2.43 bits per heavy atom. The maximum atomic E-state index is 13.5. The number of rotatable bonds is 9. The largest absolute Gasteiger partial charge is 0.491 e. The standard InChI is InChI=1S/C23H28FN3O3/c24-20-9-4-5-10-21(20)30-16-6-11-22(28)25-19-12-14-27(15-13-19)17-23(29)26-18-7-2-1-3-8-18/h1-5,7-10,19H,6,11-17H2,(H,25,28)(H,26,29). The second-order valence-corrected chi connectivity index (χ2v) is 7.41. The lowest BCUT2D eigenvalue weighted by molar-refractivity contribution is -0.123. The molecule has 0 spiro atoms. The van der Waals surface area contributed by atoms with Crippen molar-refractivity contribution in [2.45, 2.75) is 31.7 Å². The Labute approximate surface area is 176 Å². The van der Waals surface area contributed by atoms with E-state index in [2.05, 4.69) is 15.5 Å². The molecule has 1 aliphatic rings. The summed E-state index contributed by atoms with van der Waals surface area (Å²) in [5, 5.41) is 5.94. The topological polar surface area (TPSA) is 70.7 Å². The molecule has 30 heavy (non-hydrogen) atoms. The van der Waals surface area contributed by atoms with Crippen LogP contribution in [0.15, 0.2) is 54.6 Å². The number of nitrogens with zero attached hydrogens (tertiary/aromatic N) is 1. The summed E-state index contributed by atoms with van der Waals surface area (Å²) >= 11 is 0. The number of carbonyl (C=O) groups is 2. The van der Waals surface area contributed by atoms with E-state index < -0.39 is 5.82 Å². The minimum Gasteiger partial charge on any atom is -0.491 e. The minimum atomic E-state index is -0.397. The van der Waals surface area contributed by atoms with Crippen molar-refractivity contribution in [3.8, 4) is 5.75 Å². The van der Waals surface area contributed by atoms with Crippen LogP contribution in [-0.2, 0) is 9.59 Å². The Morgan fingerprint density at radius 2 is 1.70 bits per heavy atom. The van der Waals surface area contributed by atoms with Crippen molar-refractivity contribution in [3.05, 3.63) is 60.4 Å². The molecule has 7 heteroatoms. The number of hydrogen-bond donors (Lipinski definition) is 2. The predicted molar refractivity (Wildman–Crippen MR) is 114 cm³/mol. The van der Waals surface area contributed by atoms with Crippen LogP contribution in [0, 0.1) is 5.82 Å². The molecule has 0 atom stereocenters. The Morgan fingerprint density at radius 1 is 1.00 bits per heavy atom. The number of hydrogen-bond acceptors (Lipinski definition) is 4. The molecule has 6 nitrogen and oxygen atoms in total. The van der Waals surface area contributed by atoms with Crippen molar-refractivity contribution in [3.63, 3.8) is 0 Å². The number of anilines is 1. The molecule has 1 saturated heterocycles. The van der Waals surface area contributed by atoms with Gasteiger partial charge in [0.25, 0.3) is 0 Å². The van der Waals surface area contributed by atoms with E-state index in [0.29, 0.717) is 26.0 Å². The van der Waals surface area contributed by atoms with Crippen LogP contribution < -0.4 is 15.4 Å². The highest BCUT2D eigenvalue weighted by Gasteiger charge is 2.22. The maximum Gasteiger partial charge on any atom is 0.238 e.